The van der Waals surface area contributed by atoms with Crippen molar-refractivity contribution in [2.75, 3.05) is 0 Å². The van der Waals surface area contributed by atoms with Gasteiger partial charge >= 0.3 is 5.97 Å². The van der Waals surface area contributed by atoms with E-state index in [1.807, 2.05) is 0 Å². The van der Waals surface area contributed by atoms with Crippen LogP contribution in [-0.4, -0.2) is 22.1 Å². The molecule has 92 valence electrons. The molecule has 0 aliphatic rings. The van der Waals surface area contributed by atoms with Gasteiger partial charge in [0.1, 0.15) is 5.75 Å². The van der Waals surface area contributed by atoms with Gasteiger partial charge in [-0.1, -0.05) is 6.92 Å². The van der Waals surface area contributed by atoms with Gasteiger partial charge in [-0.25, -0.2) is 4.79 Å². The molecule has 1 rings (SSSR count). The van der Waals surface area contributed by atoms with Gasteiger partial charge < -0.3 is 9.84 Å². The molecule has 0 bridgehead atoms. The van der Waals surface area contributed by atoms with Crippen LogP contribution in [0.25, 0.3) is 0 Å². The monoisotopic (exact) mass is 239 g/mol. The smallest absolute Gasteiger partial charge is 0.344 e. The number of ether oxygens (including phenoxy) is 1. The third kappa shape index (κ3) is 3.17. The van der Waals surface area contributed by atoms with Crippen LogP contribution in [-0.2, 0) is 4.79 Å². The summed E-state index contributed by atoms with van der Waals surface area (Å²) in [5.41, 5.74) is 0.425. The topological polar surface area (TPSA) is 89.7 Å². The number of aliphatic carboxylic acids is 1. The summed E-state index contributed by atoms with van der Waals surface area (Å²) in [6.45, 7) is 3.28. The van der Waals surface area contributed by atoms with Crippen molar-refractivity contribution in [2.45, 2.75) is 26.4 Å². The van der Waals surface area contributed by atoms with Crippen LogP contribution in [0.3, 0.4) is 0 Å². The molecular weight excluding hydrogens is 226 g/mol. The predicted molar refractivity (Wildman–Crippen MR) is 60.2 cm³/mol. The van der Waals surface area contributed by atoms with Crippen molar-refractivity contribution in [1.29, 1.82) is 0 Å². The Morgan fingerprint density at radius 2 is 2.24 bits per heavy atom. The van der Waals surface area contributed by atoms with Crippen molar-refractivity contribution in [3.8, 4) is 5.75 Å². The fourth-order valence-corrected chi connectivity index (χ4v) is 1.33. The first-order valence-electron chi connectivity index (χ1n) is 5.10. The molecule has 1 unspecified atom stereocenters. The molecule has 1 aromatic rings. The van der Waals surface area contributed by atoms with Crippen LogP contribution in [0.15, 0.2) is 18.2 Å². The molecule has 0 aliphatic heterocycles. The first-order valence-corrected chi connectivity index (χ1v) is 5.10. The molecule has 1 atom stereocenters. The maximum Gasteiger partial charge on any atom is 0.344 e. The van der Waals surface area contributed by atoms with Gasteiger partial charge in [-0.3, -0.25) is 10.1 Å². The van der Waals surface area contributed by atoms with Gasteiger partial charge in [-0.2, -0.15) is 0 Å². The lowest BCUT2D eigenvalue weighted by Crippen LogP contribution is -2.25. The van der Waals surface area contributed by atoms with E-state index in [2.05, 4.69) is 0 Å². The fourth-order valence-electron chi connectivity index (χ4n) is 1.33. The van der Waals surface area contributed by atoms with Gasteiger partial charge in [-0.05, 0) is 25.5 Å². The number of carboxylic acid groups (broad SMARTS) is 1. The van der Waals surface area contributed by atoms with Crippen molar-refractivity contribution in [1.82, 2.24) is 0 Å². The van der Waals surface area contributed by atoms with E-state index in [1.165, 1.54) is 18.2 Å². The lowest BCUT2D eigenvalue weighted by Gasteiger charge is -2.13. The second-order valence-corrected chi connectivity index (χ2v) is 3.56. The van der Waals surface area contributed by atoms with Crippen LogP contribution in [0, 0.1) is 17.0 Å². The number of aryl methyl sites for hydroxylation is 1. The van der Waals surface area contributed by atoms with E-state index >= 15 is 0 Å². The maximum atomic E-state index is 10.8. The van der Waals surface area contributed by atoms with Crippen molar-refractivity contribution in [3.05, 3.63) is 33.9 Å². The van der Waals surface area contributed by atoms with Crippen molar-refractivity contribution < 1.29 is 19.6 Å². The van der Waals surface area contributed by atoms with Gasteiger partial charge in [0.2, 0.25) is 0 Å². The number of hydrogen-bond donors (Lipinski definition) is 1. The lowest BCUT2D eigenvalue weighted by molar-refractivity contribution is -0.385. The molecule has 0 saturated carbocycles. The van der Waals surface area contributed by atoms with Gasteiger partial charge in [0.15, 0.2) is 6.10 Å². The summed E-state index contributed by atoms with van der Waals surface area (Å²) in [7, 11) is 0. The molecule has 6 nitrogen and oxygen atoms in total. The number of benzene rings is 1. The maximum absolute atomic E-state index is 10.8. The molecule has 0 amide bonds. The Balaban J connectivity index is 2.96. The summed E-state index contributed by atoms with van der Waals surface area (Å²) < 4.78 is 5.17. The van der Waals surface area contributed by atoms with E-state index in [9.17, 15) is 14.9 Å². The molecule has 0 aromatic heterocycles. The number of nitro benzene ring substituents is 1. The summed E-state index contributed by atoms with van der Waals surface area (Å²) in [5, 5.41) is 19.5. The molecule has 0 saturated heterocycles. The Morgan fingerprint density at radius 1 is 1.59 bits per heavy atom. The molecule has 1 aromatic carbocycles. The van der Waals surface area contributed by atoms with Crippen LogP contribution in [0.1, 0.15) is 18.9 Å². The number of carbonyl (C=O) groups is 1. The Labute approximate surface area is 98.0 Å². The number of carboxylic acids is 1. The normalized spacial score (nSPS) is 11.9. The Hall–Kier alpha value is -2.11. The zero-order valence-electron chi connectivity index (χ0n) is 9.54. The van der Waals surface area contributed by atoms with E-state index in [1.54, 1.807) is 13.8 Å². The number of nitrogens with zero attached hydrogens (tertiary/aromatic N) is 1. The summed E-state index contributed by atoms with van der Waals surface area (Å²) >= 11 is 0. The SMILES string of the molecule is CCC(Oc1ccc(C)c([N+](=O)[O-])c1)C(=O)O. The molecule has 0 fully saturated rings. The molecule has 6 heteroatoms. The van der Waals surface area contributed by atoms with Crippen LogP contribution < -0.4 is 4.74 Å². The molecule has 0 spiro atoms. The molecular formula is C11H13NO5. The van der Waals surface area contributed by atoms with Gasteiger partial charge in [0.25, 0.3) is 5.69 Å². The number of nitro groups is 1. The summed E-state index contributed by atoms with van der Waals surface area (Å²) in [4.78, 5) is 20.9. The molecule has 1 N–H and O–H groups in total. The van der Waals surface area contributed by atoms with Gasteiger partial charge in [-0.15, -0.1) is 0 Å². The molecule has 0 aliphatic carbocycles. The van der Waals surface area contributed by atoms with Crippen molar-refractivity contribution in [3.63, 3.8) is 0 Å². The lowest BCUT2D eigenvalue weighted by atomic mass is 10.2. The number of hydrogen-bond acceptors (Lipinski definition) is 4. The third-order valence-electron chi connectivity index (χ3n) is 2.30. The summed E-state index contributed by atoms with van der Waals surface area (Å²) in [6.07, 6.45) is -0.700. The van der Waals surface area contributed by atoms with E-state index in [-0.39, 0.29) is 17.9 Å². The highest BCUT2D eigenvalue weighted by atomic mass is 16.6. The highest BCUT2D eigenvalue weighted by molar-refractivity contribution is 5.72. The minimum atomic E-state index is -1.09. The fraction of sp³-hybridized carbons (Fsp3) is 0.364. The average Bonchev–Trinajstić information content (AvgIpc) is 2.27. The van der Waals surface area contributed by atoms with Crippen molar-refractivity contribution >= 4 is 11.7 Å². The predicted octanol–water partition coefficient (Wildman–Crippen LogP) is 2.15. The second kappa shape index (κ2) is 5.29. The summed E-state index contributed by atoms with van der Waals surface area (Å²) in [5.74, 6) is -0.896. The minimum Gasteiger partial charge on any atom is -0.479 e. The Kier molecular flexibility index (Phi) is 4.03. The van der Waals surface area contributed by atoms with E-state index in [4.69, 9.17) is 9.84 Å². The zero-order valence-corrected chi connectivity index (χ0v) is 9.54. The standard InChI is InChI=1S/C11H13NO5/c1-3-10(11(13)14)17-8-5-4-7(2)9(6-8)12(15)16/h4-6,10H,3H2,1-2H3,(H,13,14). The molecule has 0 heterocycles. The molecule has 17 heavy (non-hydrogen) atoms. The van der Waals surface area contributed by atoms with Gasteiger partial charge in [0, 0.05) is 5.56 Å². The van der Waals surface area contributed by atoms with Crippen LogP contribution >= 0.6 is 0 Å². The van der Waals surface area contributed by atoms with E-state index < -0.39 is 17.0 Å². The van der Waals surface area contributed by atoms with Crippen LogP contribution in [0.5, 0.6) is 5.75 Å². The third-order valence-corrected chi connectivity index (χ3v) is 2.30. The van der Waals surface area contributed by atoms with Crippen molar-refractivity contribution in [2.24, 2.45) is 0 Å². The zero-order chi connectivity index (χ0) is 13.0. The highest BCUT2D eigenvalue weighted by Gasteiger charge is 2.19. The minimum absolute atomic E-state index is 0.0808. The first kappa shape index (κ1) is 13.0. The first-order chi connectivity index (χ1) is 7.95. The van der Waals surface area contributed by atoms with Crippen LogP contribution in [0.2, 0.25) is 0 Å². The largest absolute Gasteiger partial charge is 0.479 e. The molecule has 0 radical (unpaired) electrons. The Bertz CT molecular complexity index is 443. The Morgan fingerprint density at radius 3 is 2.71 bits per heavy atom. The summed E-state index contributed by atoms with van der Waals surface area (Å²) in [6, 6.07) is 4.29. The van der Waals surface area contributed by atoms with Crippen LogP contribution in [0.4, 0.5) is 5.69 Å². The average molecular weight is 239 g/mol. The van der Waals surface area contributed by atoms with Gasteiger partial charge in [0.05, 0.1) is 11.0 Å². The van der Waals surface area contributed by atoms with E-state index in [0.717, 1.165) is 0 Å². The second-order valence-electron chi connectivity index (χ2n) is 3.56. The number of rotatable bonds is 5. The quantitative estimate of drug-likeness (QED) is 0.628. The van der Waals surface area contributed by atoms with E-state index in [0.29, 0.717) is 5.56 Å². The highest BCUT2D eigenvalue weighted by Crippen LogP contribution is 2.24.